The average Bonchev–Trinajstić information content (AvgIpc) is 3.38. The molecule has 0 fully saturated rings. The van der Waals surface area contributed by atoms with Crippen molar-refractivity contribution in [2.45, 2.75) is 26.2 Å². The summed E-state index contributed by atoms with van der Waals surface area (Å²) in [7, 11) is 0. The number of hydrogen-bond donors (Lipinski definition) is 1. The Morgan fingerprint density at radius 2 is 2.07 bits per heavy atom. The predicted octanol–water partition coefficient (Wildman–Crippen LogP) is 6.51. The molecule has 0 radical (unpaired) electrons. The summed E-state index contributed by atoms with van der Waals surface area (Å²) in [5, 5.41) is 3.17. The van der Waals surface area contributed by atoms with Gasteiger partial charge in [-0.15, -0.1) is 0 Å². The fraction of sp³-hybridized carbons (Fsp3) is 0.182. The predicted molar refractivity (Wildman–Crippen MR) is 110 cm³/mol. The highest BCUT2D eigenvalue weighted by atomic mass is 35.5. The van der Waals surface area contributed by atoms with Crippen molar-refractivity contribution in [3.05, 3.63) is 71.1 Å². The number of nitrogens with one attached hydrogen (secondary N) is 1. The van der Waals surface area contributed by atoms with E-state index in [1.807, 2.05) is 12.1 Å². The minimum atomic E-state index is -0.375. The first-order valence-electron chi connectivity index (χ1n) is 9.10. The lowest BCUT2D eigenvalue weighted by atomic mass is 9.98. The summed E-state index contributed by atoms with van der Waals surface area (Å²) in [6.07, 6.45) is 2.51. The molecule has 2 heterocycles. The van der Waals surface area contributed by atoms with Crippen LogP contribution in [-0.4, -0.2) is 10.9 Å². The van der Waals surface area contributed by atoms with E-state index in [-0.39, 0.29) is 11.7 Å². The Kier molecular flexibility index (Phi) is 4.92. The molecule has 0 aliphatic carbocycles. The van der Waals surface area contributed by atoms with Gasteiger partial charge in [-0.1, -0.05) is 31.5 Å². The van der Waals surface area contributed by atoms with Crippen LogP contribution in [0.25, 0.3) is 22.6 Å². The zero-order valence-corrected chi connectivity index (χ0v) is 16.3. The van der Waals surface area contributed by atoms with Crippen molar-refractivity contribution >= 4 is 34.3 Å². The number of nitrogens with zero attached hydrogens (tertiary/aromatic N) is 1. The number of benzene rings is 2. The summed E-state index contributed by atoms with van der Waals surface area (Å²) >= 11 is 6.24. The second-order valence-corrected chi connectivity index (χ2v) is 7.09. The second-order valence-electron chi connectivity index (χ2n) is 6.68. The Morgan fingerprint density at radius 1 is 1.21 bits per heavy atom. The number of hydrogen-bond acceptors (Lipinski definition) is 4. The topological polar surface area (TPSA) is 68.3 Å². The molecule has 4 rings (SSSR count). The molecule has 0 unspecified atom stereocenters. The van der Waals surface area contributed by atoms with Crippen LogP contribution in [0.2, 0.25) is 5.02 Å². The molecule has 4 aromatic rings. The second kappa shape index (κ2) is 7.52. The van der Waals surface area contributed by atoms with E-state index in [1.165, 1.54) is 11.8 Å². The van der Waals surface area contributed by atoms with E-state index in [2.05, 4.69) is 36.3 Å². The molecule has 6 heteroatoms. The molecule has 28 heavy (non-hydrogen) atoms. The fourth-order valence-corrected chi connectivity index (χ4v) is 3.12. The lowest BCUT2D eigenvalue weighted by molar-refractivity contribution is 0.0996. The third-order valence-electron chi connectivity index (χ3n) is 4.80. The molecular formula is C22H19ClN2O3. The van der Waals surface area contributed by atoms with Gasteiger partial charge in [0.2, 0.25) is 5.89 Å². The molecule has 2 aromatic heterocycles. The summed E-state index contributed by atoms with van der Waals surface area (Å²) in [5.41, 5.74) is 3.95. The third-order valence-corrected chi connectivity index (χ3v) is 5.13. The van der Waals surface area contributed by atoms with Crippen LogP contribution in [0, 0.1) is 0 Å². The van der Waals surface area contributed by atoms with E-state index >= 15 is 0 Å². The number of halogens is 1. The normalized spacial score (nSPS) is 12.2. The molecule has 2 aromatic carbocycles. The smallest absolute Gasteiger partial charge is 0.291 e. The number of fused-ring (bicyclic) bond motifs is 1. The van der Waals surface area contributed by atoms with Crippen LogP contribution >= 0.6 is 11.6 Å². The summed E-state index contributed by atoms with van der Waals surface area (Å²) in [4.78, 5) is 16.9. The molecular weight excluding hydrogens is 376 g/mol. The SMILES string of the molecule is CC[C@@H](C)c1ccc2oc(-c3ccc(Cl)c(NC(=O)c4ccco4)c3)nc2c1. The Bertz CT molecular complexity index is 1130. The highest BCUT2D eigenvalue weighted by Gasteiger charge is 2.15. The van der Waals surface area contributed by atoms with Crippen molar-refractivity contribution in [1.82, 2.24) is 4.98 Å². The van der Waals surface area contributed by atoms with Crippen LogP contribution in [0.1, 0.15) is 42.3 Å². The average molecular weight is 395 g/mol. The zero-order chi connectivity index (χ0) is 19.7. The maximum atomic E-state index is 12.2. The standard InChI is InChI=1S/C22H19ClN2O3/c1-3-13(2)14-7-9-19-18(11-14)25-22(28-19)15-6-8-16(23)17(12-15)24-21(26)20-5-4-10-27-20/h4-13H,3H2,1-2H3,(H,24,26)/t13-/m1/s1. The van der Waals surface area contributed by atoms with Gasteiger partial charge in [-0.05, 0) is 60.4 Å². The number of amides is 1. The molecule has 0 aliphatic heterocycles. The van der Waals surface area contributed by atoms with Crippen molar-refractivity contribution < 1.29 is 13.6 Å². The van der Waals surface area contributed by atoms with Gasteiger partial charge in [0, 0.05) is 5.56 Å². The van der Waals surface area contributed by atoms with E-state index in [4.69, 9.17) is 20.4 Å². The minimum Gasteiger partial charge on any atom is -0.459 e. The van der Waals surface area contributed by atoms with Gasteiger partial charge < -0.3 is 14.2 Å². The van der Waals surface area contributed by atoms with E-state index in [0.717, 1.165) is 23.1 Å². The van der Waals surface area contributed by atoms with Gasteiger partial charge in [0.1, 0.15) is 5.52 Å². The Balaban J connectivity index is 1.66. The lowest BCUT2D eigenvalue weighted by Crippen LogP contribution is -2.11. The molecule has 0 spiro atoms. The molecule has 0 aliphatic rings. The Labute approximate surface area is 167 Å². The summed E-state index contributed by atoms with van der Waals surface area (Å²) in [6, 6.07) is 14.6. The minimum absolute atomic E-state index is 0.209. The number of aromatic nitrogens is 1. The number of oxazole rings is 1. The maximum Gasteiger partial charge on any atom is 0.291 e. The highest BCUT2D eigenvalue weighted by molar-refractivity contribution is 6.34. The van der Waals surface area contributed by atoms with Crippen LogP contribution in [0.4, 0.5) is 5.69 Å². The van der Waals surface area contributed by atoms with E-state index in [0.29, 0.717) is 22.5 Å². The molecule has 1 atom stereocenters. The van der Waals surface area contributed by atoms with Crippen LogP contribution in [0.5, 0.6) is 0 Å². The van der Waals surface area contributed by atoms with Crippen molar-refractivity contribution in [1.29, 1.82) is 0 Å². The van der Waals surface area contributed by atoms with Gasteiger partial charge in [0.05, 0.1) is 17.0 Å². The van der Waals surface area contributed by atoms with Crippen molar-refractivity contribution in [2.75, 3.05) is 5.32 Å². The molecule has 1 amide bonds. The van der Waals surface area contributed by atoms with Crippen LogP contribution < -0.4 is 5.32 Å². The highest BCUT2D eigenvalue weighted by Crippen LogP contribution is 2.32. The van der Waals surface area contributed by atoms with E-state index in [9.17, 15) is 4.79 Å². The Hall–Kier alpha value is -3.05. The van der Waals surface area contributed by atoms with Crippen LogP contribution in [0.3, 0.4) is 0 Å². The lowest BCUT2D eigenvalue weighted by Gasteiger charge is -2.07. The van der Waals surface area contributed by atoms with E-state index in [1.54, 1.807) is 24.3 Å². The molecule has 0 bridgehead atoms. The zero-order valence-electron chi connectivity index (χ0n) is 15.5. The van der Waals surface area contributed by atoms with Gasteiger partial charge in [0.25, 0.3) is 5.91 Å². The summed E-state index contributed by atoms with van der Waals surface area (Å²) < 4.78 is 11.0. The number of furan rings is 1. The van der Waals surface area contributed by atoms with Gasteiger partial charge >= 0.3 is 0 Å². The number of carbonyl (C=O) groups is 1. The fourth-order valence-electron chi connectivity index (χ4n) is 2.96. The first-order chi connectivity index (χ1) is 13.5. The van der Waals surface area contributed by atoms with Crippen molar-refractivity contribution in [3.63, 3.8) is 0 Å². The summed E-state index contributed by atoms with van der Waals surface area (Å²) in [6.45, 7) is 4.35. The molecule has 1 N–H and O–H groups in total. The van der Waals surface area contributed by atoms with Gasteiger partial charge in [0.15, 0.2) is 11.3 Å². The summed E-state index contributed by atoms with van der Waals surface area (Å²) in [5.74, 6) is 0.769. The van der Waals surface area contributed by atoms with Gasteiger partial charge in [-0.25, -0.2) is 4.98 Å². The molecule has 0 saturated heterocycles. The van der Waals surface area contributed by atoms with Crippen LogP contribution in [-0.2, 0) is 0 Å². The van der Waals surface area contributed by atoms with Crippen molar-refractivity contribution in [3.8, 4) is 11.5 Å². The Morgan fingerprint density at radius 3 is 2.82 bits per heavy atom. The third kappa shape index (κ3) is 3.53. The molecule has 142 valence electrons. The maximum absolute atomic E-state index is 12.2. The van der Waals surface area contributed by atoms with Crippen LogP contribution in [0.15, 0.2) is 63.6 Å². The number of rotatable bonds is 5. The molecule has 0 saturated carbocycles. The monoisotopic (exact) mass is 394 g/mol. The first kappa shape index (κ1) is 18.3. The van der Waals surface area contributed by atoms with Gasteiger partial charge in [-0.3, -0.25) is 4.79 Å². The van der Waals surface area contributed by atoms with Gasteiger partial charge in [-0.2, -0.15) is 0 Å². The number of carbonyl (C=O) groups excluding carboxylic acids is 1. The largest absolute Gasteiger partial charge is 0.459 e. The number of anilines is 1. The van der Waals surface area contributed by atoms with E-state index < -0.39 is 0 Å². The van der Waals surface area contributed by atoms with Crippen molar-refractivity contribution in [2.24, 2.45) is 0 Å². The quantitative estimate of drug-likeness (QED) is 0.419. The molecule has 5 nitrogen and oxygen atoms in total. The first-order valence-corrected chi connectivity index (χ1v) is 9.48.